The van der Waals surface area contributed by atoms with Gasteiger partial charge in [-0.2, -0.15) is 0 Å². The van der Waals surface area contributed by atoms with E-state index in [0.29, 0.717) is 17.3 Å². The van der Waals surface area contributed by atoms with Crippen LogP contribution in [0.5, 0.6) is 5.75 Å². The molecular weight excluding hydrogens is 240 g/mol. The standard InChI is InChI=1S/C12H13ClN2O2/c1-2-5-15-12(16)8-17-11-4-3-9(7-14)6-10(11)13/h1,3-4,6H,5,7-8,14H2,(H,15,16). The van der Waals surface area contributed by atoms with Crippen LogP contribution in [0, 0.1) is 12.3 Å². The van der Waals surface area contributed by atoms with Crippen LogP contribution in [-0.4, -0.2) is 19.1 Å². The van der Waals surface area contributed by atoms with Crippen molar-refractivity contribution < 1.29 is 9.53 Å². The molecule has 0 heterocycles. The van der Waals surface area contributed by atoms with Crippen LogP contribution in [0.4, 0.5) is 0 Å². The summed E-state index contributed by atoms with van der Waals surface area (Å²) in [7, 11) is 0. The Bertz CT molecular complexity index is 441. The van der Waals surface area contributed by atoms with Gasteiger partial charge in [-0.05, 0) is 17.7 Å². The summed E-state index contributed by atoms with van der Waals surface area (Å²) in [4.78, 5) is 11.2. The highest BCUT2D eigenvalue weighted by Gasteiger charge is 2.05. The third-order valence-corrected chi connectivity index (χ3v) is 2.27. The third-order valence-electron chi connectivity index (χ3n) is 1.98. The number of carbonyl (C=O) groups excluding carboxylic acids is 1. The van der Waals surface area contributed by atoms with Gasteiger partial charge >= 0.3 is 0 Å². The second kappa shape index (κ2) is 6.79. The summed E-state index contributed by atoms with van der Waals surface area (Å²) in [5.74, 6) is 2.45. The summed E-state index contributed by atoms with van der Waals surface area (Å²) in [6.07, 6.45) is 5.00. The molecule has 1 aromatic carbocycles. The SMILES string of the molecule is C#CCNC(=O)COc1ccc(CN)cc1Cl. The molecule has 0 aromatic heterocycles. The Morgan fingerprint density at radius 3 is 2.94 bits per heavy atom. The van der Waals surface area contributed by atoms with Crippen molar-refractivity contribution in [3.05, 3.63) is 28.8 Å². The fourth-order valence-electron chi connectivity index (χ4n) is 1.13. The Balaban J connectivity index is 2.52. The van der Waals surface area contributed by atoms with Gasteiger partial charge in [-0.25, -0.2) is 0 Å². The lowest BCUT2D eigenvalue weighted by Gasteiger charge is -2.08. The first-order valence-corrected chi connectivity index (χ1v) is 5.36. The van der Waals surface area contributed by atoms with Gasteiger partial charge < -0.3 is 15.8 Å². The van der Waals surface area contributed by atoms with Crippen molar-refractivity contribution in [3.63, 3.8) is 0 Å². The second-order valence-electron chi connectivity index (χ2n) is 3.24. The molecule has 4 nitrogen and oxygen atoms in total. The zero-order chi connectivity index (χ0) is 12.7. The van der Waals surface area contributed by atoms with E-state index in [1.54, 1.807) is 18.2 Å². The van der Waals surface area contributed by atoms with Crippen LogP contribution in [-0.2, 0) is 11.3 Å². The largest absolute Gasteiger partial charge is 0.482 e. The minimum absolute atomic E-state index is 0.122. The molecule has 0 unspecified atom stereocenters. The number of hydrogen-bond acceptors (Lipinski definition) is 3. The molecule has 90 valence electrons. The first-order chi connectivity index (χ1) is 8.17. The number of nitrogens with two attached hydrogens (primary N) is 1. The molecule has 0 saturated heterocycles. The van der Waals surface area contributed by atoms with Gasteiger partial charge in [0.15, 0.2) is 6.61 Å². The fraction of sp³-hybridized carbons (Fsp3) is 0.250. The zero-order valence-electron chi connectivity index (χ0n) is 9.20. The molecule has 3 N–H and O–H groups in total. The van der Waals surface area contributed by atoms with E-state index < -0.39 is 0 Å². The number of terminal acetylenes is 1. The van der Waals surface area contributed by atoms with Crippen LogP contribution in [0.15, 0.2) is 18.2 Å². The van der Waals surface area contributed by atoms with E-state index in [9.17, 15) is 4.79 Å². The van der Waals surface area contributed by atoms with Crippen molar-refractivity contribution in [1.29, 1.82) is 0 Å². The normalized spacial score (nSPS) is 9.47. The van der Waals surface area contributed by atoms with Crippen molar-refractivity contribution in [3.8, 4) is 18.1 Å². The predicted molar refractivity (Wildman–Crippen MR) is 66.7 cm³/mol. The number of amides is 1. The summed E-state index contributed by atoms with van der Waals surface area (Å²) >= 11 is 5.95. The molecule has 0 radical (unpaired) electrons. The van der Waals surface area contributed by atoms with Crippen molar-refractivity contribution in [2.75, 3.05) is 13.2 Å². The van der Waals surface area contributed by atoms with Crippen LogP contribution in [0.3, 0.4) is 0 Å². The van der Waals surface area contributed by atoms with Gasteiger partial charge in [-0.15, -0.1) is 6.42 Å². The van der Waals surface area contributed by atoms with Crippen LogP contribution >= 0.6 is 11.6 Å². The van der Waals surface area contributed by atoms with Crippen molar-refractivity contribution in [2.45, 2.75) is 6.54 Å². The molecular formula is C12H13ClN2O2. The highest BCUT2D eigenvalue weighted by Crippen LogP contribution is 2.25. The lowest BCUT2D eigenvalue weighted by atomic mass is 10.2. The molecule has 0 atom stereocenters. The monoisotopic (exact) mass is 252 g/mol. The van der Waals surface area contributed by atoms with Crippen LogP contribution < -0.4 is 15.8 Å². The molecule has 1 amide bonds. The molecule has 1 rings (SSSR count). The van der Waals surface area contributed by atoms with E-state index in [1.807, 2.05) is 0 Å². The fourth-order valence-corrected chi connectivity index (χ4v) is 1.39. The van der Waals surface area contributed by atoms with Gasteiger partial charge in [-0.1, -0.05) is 23.6 Å². The van der Waals surface area contributed by atoms with Crippen molar-refractivity contribution in [1.82, 2.24) is 5.32 Å². The number of ether oxygens (including phenoxy) is 1. The number of benzene rings is 1. The number of rotatable bonds is 5. The summed E-state index contributed by atoms with van der Waals surface area (Å²) in [5, 5.41) is 2.91. The van der Waals surface area contributed by atoms with Gasteiger partial charge in [0.05, 0.1) is 11.6 Å². The molecule has 0 saturated carbocycles. The zero-order valence-corrected chi connectivity index (χ0v) is 9.96. The average molecular weight is 253 g/mol. The molecule has 0 bridgehead atoms. The number of halogens is 1. The molecule has 0 spiro atoms. The average Bonchev–Trinajstić information content (AvgIpc) is 2.34. The smallest absolute Gasteiger partial charge is 0.258 e. The molecule has 1 aromatic rings. The predicted octanol–water partition coefficient (Wildman–Crippen LogP) is 0.927. The summed E-state index contributed by atoms with van der Waals surface area (Å²) in [5.41, 5.74) is 6.37. The van der Waals surface area contributed by atoms with Gasteiger partial charge in [0, 0.05) is 6.54 Å². The first kappa shape index (κ1) is 13.4. The van der Waals surface area contributed by atoms with Gasteiger partial charge in [0.25, 0.3) is 5.91 Å². The number of carbonyl (C=O) groups is 1. The van der Waals surface area contributed by atoms with Crippen LogP contribution in [0.25, 0.3) is 0 Å². The van der Waals surface area contributed by atoms with E-state index in [4.69, 9.17) is 28.5 Å². The Kier molecular flexibility index (Phi) is 5.34. The van der Waals surface area contributed by atoms with Gasteiger partial charge in [-0.3, -0.25) is 4.79 Å². The maximum absolute atomic E-state index is 11.2. The summed E-state index contributed by atoms with van der Waals surface area (Å²) < 4.78 is 5.24. The summed E-state index contributed by atoms with van der Waals surface area (Å²) in [6.45, 7) is 0.466. The molecule has 17 heavy (non-hydrogen) atoms. The highest BCUT2D eigenvalue weighted by molar-refractivity contribution is 6.32. The van der Waals surface area contributed by atoms with Gasteiger partial charge in [0.1, 0.15) is 5.75 Å². The van der Waals surface area contributed by atoms with E-state index >= 15 is 0 Å². The topological polar surface area (TPSA) is 64.3 Å². The quantitative estimate of drug-likeness (QED) is 0.767. The Morgan fingerprint density at radius 2 is 2.35 bits per heavy atom. The number of nitrogens with one attached hydrogen (secondary N) is 1. The third kappa shape index (κ3) is 4.35. The van der Waals surface area contributed by atoms with E-state index in [0.717, 1.165) is 5.56 Å². The molecule has 0 aliphatic heterocycles. The van der Waals surface area contributed by atoms with E-state index in [1.165, 1.54) is 0 Å². The first-order valence-electron chi connectivity index (χ1n) is 4.99. The van der Waals surface area contributed by atoms with Crippen molar-refractivity contribution >= 4 is 17.5 Å². The van der Waals surface area contributed by atoms with Crippen LogP contribution in [0.1, 0.15) is 5.56 Å². The Hall–Kier alpha value is -1.70. The highest BCUT2D eigenvalue weighted by atomic mass is 35.5. The summed E-state index contributed by atoms with van der Waals surface area (Å²) in [6, 6.07) is 5.18. The second-order valence-corrected chi connectivity index (χ2v) is 3.65. The Labute approximate surface area is 105 Å². The molecule has 0 fully saturated rings. The molecule has 5 heteroatoms. The lowest BCUT2D eigenvalue weighted by Crippen LogP contribution is -2.29. The lowest BCUT2D eigenvalue weighted by molar-refractivity contribution is -0.122. The minimum Gasteiger partial charge on any atom is -0.482 e. The minimum atomic E-state index is -0.290. The molecule has 0 aliphatic rings. The van der Waals surface area contributed by atoms with E-state index in [2.05, 4.69) is 11.2 Å². The van der Waals surface area contributed by atoms with E-state index in [-0.39, 0.29) is 19.1 Å². The van der Waals surface area contributed by atoms with Crippen molar-refractivity contribution in [2.24, 2.45) is 5.73 Å². The van der Waals surface area contributed by atoms with Gasteiger partial charge in [0.2, 0.25) is 0 Å². The maximum atomic E-state index is 11.2. The Morgan fingerprint density at radius 1 is 1.59 bits per heavy atom. The molecule has 0 aliphatic carbocycles. The number of hydrogen-bond donors (Lipinski definition) is 2. The van der Waals surface area contributed by atoms with Crippen LogP contribution in [0.2, 0.25) is 5.02 Å². The maximum Gasteiger partial charge on any atom is 0.258 e.